The van der Waals surface area contributed by atoms with Crippen LogP contribution in [0.1, 0.15) is 22.3 Å². The summed E-state index contributed by atoms with van der Waals surface area (Å²) in [5, 5.41) is 2.28. The van der Waals surface area contributed by atoms with Gasteiger partial charge in [0, 0.05) is 21.9 Å². The first kappa shape index (κ1) is 34.6. The molecule has 0 bridgehead atoms. The summed E-state index contributed by atoms with van der Waals surface area (Å²) in [5.74, 6) is 1.82. The molecule has 2 aliphatic carbocycles. The van der Waals surface area contributed by atoms with E-state index in [4.69, 9.17) is 15.0 Å². The number of rotatable bonds is 5. The topological polar surface area (TPSA) is 43.6 Å². The van der Waals surface area contributed by atoms with Gasteiger partial charge in [-0.3, -0.25) is 4.57 Å². The Morgan fingerprint density at radius 1 is 0.306 bits per heavy atom. The molecule has 2 heterocycles. The van der Waals surface area contributed by atoms with Crippen molar-refractivity contribution in [3.63, 3.8) is 0 Å². The van der Waals surface area contributed by atoms with E-state index in [1.807, 2.05) is 24.3 Å². The summed E-state index contributed by atoms with van der Waals surface area (Å²) in [6.45, 7) is 0. The average molecular weight is 789 g/mol. The minimum atomic E-state index is -0.400. The Labute approximate surface area is 359 Å². The molecule has 11 aromatic rings. The lowest BCUT2D eigenvalue weighted by Crippen LogP contribution is -2.25. The van der Waals surface area contributed by atoms with Crippen LogP contribution < -0.4 is 0 Å². The molecular weight excluding hydrogens is 753 g/mol. The minimum absolute atomic E-state index is 0.400. The maximum Gasteiger partial charge on any atom is 0.238 e. The molecule has 0 unspecified atom stereocenters. The summed E-state index contributed by atoms with van der Waals surface area (Å²) >= 11 is 0. The summed E-state index contributed by atoms with van der Waals surface area (Å²) in [7, 11) is 0. The first-order chi connectivity index (χ1) is 30.8. The lowest BCUT2D eigenvalue weighted by Gasteiger charge is -2.30. The fourth-order valence-corrected chi connectivity index (χ4v) is 10.5. The van der Waals surface area contributed by atoms with Crippen LogP contribution in [-0.2, 0) is 5.41 Å². The molecule has 2 aliphatic rings. The maximum absolute atomic E-state index is 5.28. The number of aromatic nitrogens is 4. The Hall–Kier alpha value is -8.21. The van der Waals surface area contributed by atoms with Crippen molar-refractivity contribution in [2.45, 2.75) is 5.41 Å². The van der Waals surface area contributed by atoms with E-state index in [9.17, 15) is 0 Å². The number of hydrogen-bond donors (Lipinski definition) is 0. The lowest BCUT2D eigenvalue weighted by molar-refractivity contribution is 0.794. The summed E-state index contributed by atoms with van der Waals surface area (Å²) < 4.78 is 2.21. The van der Waals surface area contributed by atoms with Gasteiger partial charge >= 0.3 is 0 Å². The predicted molar refractivity (Wildman–Crippen MR) is 252 cm³/mol. The van der Waals surface area contributed by atoms with Crippen molar-refractivity contribution in [2.24, 2.45) is 0 Å². The molecular formula is C58H36N4. The largest absolute Gasteiger partial charge is 0.278 e. The molecule has 0 saturated heterocycles. The van der Waals surface area contributed by atoms with E-state index < -0.39 is 5.41 Å². The molecule has 1 spiro atoms. The lowest BCUT2D eigenvalue weighted by atomic mass is 9.70. The first-order valence-corrected chi connectivity index (χ1v) is 21.2. The van der Waals surface area contributed by atoms with Crippen LogP contribution in [0.5, 0.6) is 0 Å². The Morgan fingerprint density at radius 2 is 0.823 bits per heavy atom. The van der Waals surface area contributed by atoms with E-state index in [-0.39, 0.29) is 0 Å². The van der Waals surface area contributed by atoms with Crippen molar-refractivity contribution in [3.05, 3.63) is 241 Å². The van der Waals surface area contributed by atoms with Gasteiger partial charge in [0.05, 0.1) is 16.4 Å². The monoisotopic (exact) mass is 788 g/mol. The van der Waals surface area contributed by atoms with Crippen molar-refractivity contribution in [1.82, 2.24) is 19.5 Å². The van der Waals surface area contributed by atoms with Gasteiger partial charge in [0.15, 0.2) is 11.6 Å². The van der Waals surface area contributed by atoms with Crippen molar-refractivity contribution < 1.29 is 0 Å². The van der Waals surface area contributed by atoms with Crippen molar-refractivity contribution in [3.8, 4) is 73.2 Å². The molecule has 0 saturated carbocycles. The highest BCUT2D eigenvalue weighted by Gasteiger charge is 2.52. The van der Waals surface area contributed by atoms with Gasteiger partial charge in [0.1, 0.15) is 0 Å². The standard InChI is InChI=1S/C58H36N4/c1-3-17-37(18-4-1)39-21-15-22-41(35-39)56-59-55(38-19-5-2-6-20-38)60-57(61-56)62-52-32-14-10-25-45(52)47-36-40(33-34-53(47)62)42-27-16-31-51-54(42)46-26-9-13-30-50(46)58(51)48-28-11-7-23-43(48)44-24-8-12-29-49(44)58/h1-36H. The van der Waals surface area contributed by atoms with Gasteiger partial charge < -0.3 is 0 Å². The molecule has 0 amide bonds. The first-order valence-electron chi connectivity index (χ1n) is 21.2. The second kappa shape index (κ2) is 13.4. The molecule has 0 fully saturated rings. The summed E-state index contributed by atoms with van der Waals surface area (Å²) in [6, 6.07) is 78.6. The number of nitrogens with zero attached hydrogens (tertiary/aromatic N) is 4. The van der Waals surface area contributed by atoms with E-state index in [1.54, 1.807) is 0 Å². The van der Waals surface area contributed by atoms with E-state index in [0.717, 1.165) is 44.1 Å². The van der Waals surface area contributed by atoms with E-state index in [0.29, 0.717) is 17.6 Å². The average Bonchev–Trinajstić information content (AvgIpc) is 3.96. The molecule has 9 aromatic carbocycles. The molecule has 13 rings (SSSR count). The maximum atomic E-state index is 5.28. The quantitative estimate of drug-likeness (QED) is 0.174. The third-order valence-electron chi connectivity index (χ3n) is 13.1. The van der Waals surface area contributed by atoms with Crippen molar-refractivity contribution >= 4 is 21.8 Å². The highest BCUT2D eigenvalue weighted by Crippen LogP contribution is 2.64. The SMILES string of the molecule is c1ccc(-c2cccc(-c3nc(-c4ccccc4)nc(-n4c5ccccc5c5cc(-c6cccc7c6-c6ccccc6C76c7ccccc7-c7ccccc76)ccc54)n3)c2)cc1. The van der Waals surface area contributed by atoms with Crippen LogP contribution in [0.15, 0.2) is 218 Å². The Morgan fingerprint density at radius 3 is 1.56 bits per heavy atom. The highest BCUT2D eigenvalue weighted by atomic mass is 15.2. The molecule has 62 heavy (non-hydrogen) atoms. The van der Waals surface area contributed by atoms with Crippen LogP contribution in [0.3, 0.4) is 0 Å². The number of fused-ring (bicyclic) bond motifs is 13. The molecule has 0 radical (unpaired) electrons. The Kier molecular flexibility index (Phi) is 7.49. The summed E-state index contributed by atoms with van der Waals surface area (Å²) in [4.78, 5) is 15.6. The number of benzene rings is 9. The second-order valence-electron chi connectivity index (χ2n) is 16.3. The Bertz CT molecular complexity index is 3540. The third kappa shape index (κ3) is 4.92. The zero-order chi connectivity index (χ0) is 40.8. The molecule has 288 valence electrons. The minimum Gasteiger partial charge on any atom is -0.278 e. The molecule has 4 heteroatoms. The smallest absolute Gasteiger partial charge is 0.238 e. The van der Waals surface area contributed by atoms with Crippen LogP contribution in [0.25, 0.3) is 95.0 Å². The van der Waals surface area contributed by atoms with Gasteiger partial charge in [-0.2, -0.15) is 9.97 Å². The summed E-state index contributed by atoms with van der Waals surface area (Å²) in [5.41, 5.74) is 18.8. The van der Waals surface area contributed by atoms with Gasteiger partial charge in [-0.05, 0) is 91.0 Å². The summed E-state index contributed by atoms with van der Waals surface area (Å²) in [6.07, 6.45) is 0. The number of para-hydroxylation sites is 1. The normalized spacial score (nSPS) is 13.0. The second-order valence-corrected chi connectivity index (χ2v) is 16.3. The van der Waals surface area contributed by atoms with Crippen LogP contribution in [-0.4, -0.2) is 19.5 Å². The zero-order valence-electron chi connectivity index (χ0n) is 33.6. The van der Waals surface area contributed by atoms with E-state index in [2.05, 4.69) is 199 Å². The van der Waals surface area contributed by atoms with Crippen LogP contribution in [0, 0.1) is 0 Å². The van der Waals surface area contributed by atoms with Gasteiger partial charge in [0.25, 0.3) is 0 Å². The predicted octanol–water partition coefficient (Wildman–Crippen LogP) is 14.0. The highest BCUT2D eigenvalue weighted by molar-refractivity contribution is 6.11. The van der Waals surface area contributed by atoms with Gasteiger partial charge in [-0.15, -0.1) is 0 Å². The van der Waals surface area contributed by atoms with E-state index >= 15 is 0 Å². The fourth-order valence-electron chi connectivity index (χ4n) is 10.5. The van der Waals surface area contributed by atoms with Crippen LogP contribution >= 0.6 is 0 Å². The van der Waals surface area contributed by atoms with Crippen molar-refractivity contribution in [2.75, 3.05) is 0 Å². The van der Waals surface area contributed by atoms with Crippen molar-refractivity contribution in [1.29, 1.82) is 0 Å². The number of hydrogen-bond acceptors (Lipinski definition) is 3. The van der Waals surface area contributed by atoms with E-state index in [1.165, 1.54) is 55.6 Å². The van der Waals surface area contributed by atoms with Crippen LogP contribution in [0.2, 0.25) is 0 Å². The van der Waals surface area contributed by atoms with Gasteiger partial charge in [-0.1, -0.05) is 194 Å². The Balaban J connectivity index is 1.02. The van der Waals surface area contributed by atoms with Gasteiger partial charge in [-0.25, -0.2) is 4.98 Å². The van der Waals surface area contributed by atoms with Gasteiger partial charge in [0.2, 0.25) is 5.95 Å². The molecule has 4 nitrogen and oxygen atoms in total. The molecule has 2 aromatic heterocycles. The zero-order valence-corrected chi connectivity index (χ0v) is 33.6. The van der Waals surface area contributed by atoms with Crippen LogP contribution in [0.4, 0.5) is 0 Å². The fraction of sp³-hybridized carbons (Fsp3) is 0.0172. The molecule has 0 N–H and O–H groups in total. The third-order valence-corrected chi connectivity index (χ3v) is 13.1. The molecule has 0 aliphatic heterocycles. The molecule has 0 atom stereocenters.